The van der Waals surface area contributed by atoms with Crippen molar-refractivity contribution in [1.29, 1.82) is 0 Å². The number of rotatable bonds is 4. The average Bonchev–Trinajstić information content (AvgIpc) is 2.99. The van der Waals surface area contributed by atoms with Crippen molar-refractivity contribution in [2.24, 2.45) is 4.99 Å². The van der Waals surface area contributed by atoms with Crippen LogP contribution in [-0.4, -0.2) is 27.2 Å². The van der Waals surface area contributed by atoms with E-state index in [4.69, 9.17) is 5.11 Å². The largest absolute Gasteiger partial charge is 0.505 e. The number of halogens is 1. The van der Waals surface area contributed by atoms with Gasteiger partial charge in [0, 0.05) is 16.5 Å². The average molecular weight is 344 g/mol. The van der Waals surface area contributed by atoms with E-state index in [-0.39, 0.29) is 17.3 Å². The van der Waals surface area contributed by atoms with Crippen molar-refractivity contribution >= 4 is 33.5 Å². The Kier molecular flexibility index (Phi) is 4.07. The first-order valence-electron chi connectivity index (χ1n) is 6.68. The molecule has 0 spiro atoms. The normalized spacial score (nSPS) is 11.9. The second-order valence-electron chi connectivity index (χ2n) is 4.86. The molecule has 24 heavy (non-hydrogen) atoms. The maximum atomic E-state index is 13.0. The molecule has 2 N–H and O–H groups in total. The number of hydrogen-bond donors (Lipinski definition) is 2. The zero-order valence-electron chi connectivity index (χ0n) is 11.9. The van der Waals surface area contributed by atoms with Crippen molar-refractivity contribution in [2.75, 3.05) is 0 Å². The van der Waals surface area contributed by atoms with Gasteiger partial charge in [-0.2, -0.15) is 4.99 Å². The lowest BCUT2D eigenvalue weighted by molar-refractivity contribution is -0.138. The molecule has 1 unspecified atom stereocenters. The molecule has 1 aromatic carbocycles. The van der Waals surface area contributed by atoms with E-state index in [1.54, 1.807) is 18.2 Å². The molecule has 0 aliphatic carbocycles. The summed E-state index contributed by atoms with van der Waals surface area (Å²) in [6.07, 6.45) is 2.56. The molecule has 0 aliphatic rings. The predicted octanol–water partition coefficient (Wildman–Crippen LogP) is 3.27. The van der Waals surface area contributed by atoms with Crippen LogP contribution in [0, 0.1) is 5.82 Å². The number of carboxylic acids is 1. The van der Waals surface area contributed by atoms with Gasteiger partial charge in [0.05, 0.1) is 4.70 Å². The van der Waals surface area contributed by atoms with Crippen LogP contribution in [0.25, 0.3) is 20.5 Å². The molecule has 1 atom stereocenters. The quantitative estimate of drug-likeness (QED) is 0.559. The Morgan fingerprint density at radius 2 is 2.04 bits per heavy atom. The molecule has 3 aromatic rings. The molecular weight excluding hydrogens is 335 g/mol. The molecule has 0 bridgehead atoms. The number of isocyanates is 1. The summed E-state index contributed by atoms with van der Waals surface area (Å²) in [5, 5.41) is 20.0. The smallest absolute Gasteiger partial charge is 0.335 e. The number of carbonyl (C=O) groups excluding carboxylic acids is 1. The fraction of sp³-hybridized carbons (Fsp3) is 0.0625. The standard InChI is InChI=1S/C16H9FN2O4S/c17-10-3-1-8(2-4-10)11-5-9-6-18-12(14(21)15(9)24-11)13(16(22)23)19-7-20/h1-6,13,21H,(H,22,23). The number of nitrogens with zero attached hydrogens (tertiary/aromatic N) is 2. The van der Waals surface area contributed by atoms with Crippen LogP contribution in [0.15, 0.2) is 41.5 Å². The molecule has 0 saturated heterocycles. The maximum absolute atomic E-state index is 13.0. The van der Waals surface area contributed by atoms with Crippen LogP contribution >= 0.6 is 11.3 Å². The highest BCUT2D eigenvalue weighted by atomic mass is 32.1. The number of aliphatic imine (C=N–C) groups is 1. The van der Waals surface area contributed by atoms with Crippen LogP contribution in [-0.2, 0) is 9.59 Å². The molecule has 6 nitrogen and oxygen atoms in total. The Morgan fingerprint density at radius 1 is 1.33 bits per heavy atom. The highest BCUT2D eigenvalue weighted by Crippen LogP contribution is 2.40. The second-order valence-corrected chi connectivity index (χ2v) is 5.91. The van der Waals surface area contributed by atoms with Gasteiger partial charge >= 0.3 is 5.97 Å². The molecule has 0 fully saturated rings. The lowest BCUT2D eigenvalue weighted by Crippen LogP contribution is -2.10. The van der Waals surface area contributed by atoms with E-state index in [0.717, 1.165) is 10.4 Å². The summed E-state index contributed by atoms with van der Waals surface area (Å²) in [7, 11) is 0. The highest BCUT2D eigenvalue weighted by Gasteiger charge is 2.26. The number of benzene rings is 1. The summed E-state index contributed by atoms with van der Waals surface area (Å²) in [5.41, 5.74) is 0.519. The molecule has 0 aliphatic heterocycles. The lowest BCUT2D eigenvalue weighted by Gasteiger charge is -2.07. The molecule has 3 rings (SSSR count). The number of carboxylic acid groups (broad SMARTS) is 1. The van der Waals surface area contributed by atoms with E-state index in [9.17, 15) is 19.1 Å². The number of aliphatic carboxylic acids is 1. The third-order valence-corrected chi connectivity index (χ3v) is 4.57. The summed E-state index contributed by atoms with van der Waals surface area (Å²) in [6, 6.07) is 5.97. The van der Waals surface area contributed by atoms with Crippen LogP contribution < -0.4 is 0 Å². The SMILES string of the molecule is O=C=NC(C(=O)O)c1ncc2cc(-c3ccc(F)cc3)sc2c1O. The minimum atomic E-state index is -1.62. The fourth-order valence-corrected chi connectivity index (χ4v) is 3.34. The Labute approximate surface area is 138 Å². The number of aromatic nitrogens is 1. The summed E-state index contributed by atoms with van der Waals surface area (Å²) in [4.78, 5) is 29.4. The van der Waals surface area contributed by atoms with Gasteiger partial charge in [-0.05, 0) is 23.8 Å². The highest BCUT2D eigenvalue weighted by molar-refractivity contribution is 7.22. The first kappa shape index (κ1) is 15.8. The third kappa shape index (κ3) is 2.76. The third-order valence-electron chi connectivity index (χ3n) is 3.36. The van der Waals surface area contributed by atoms with Crippen molar-refractivity contribution in [2.45, 2.75) is 6.04 Å². The van der Waals surface area contributed by atoms with Gasteiger partial charge in [-0.3, -0.25) is 4.98 Å². The minimum Gasteiger partial charge on any atom is -0.505 e. The minimum absolute atomic E-state index is 0.231. The molecular formula is C16H9FN2O4S. The molecule has 2 aromatic heterocycles. The summed E-state index contributed by atoms with van der Waals surface area (Å²) in [5.74, 6) is -2.13. The molecule has 0 amide bonds. The van der Waals surface area contributed by atoms with E-state index in [0.29, 0.717) is 10.1 Å². The molecule has 120 valence electrons. The Morgan fingerprint density at radius 3 is 2.67 bits per heavy atom. The maximum Gasteiger partial charge on any atom is 0.335 e. The Bertz CT molecular complexity index is 976. The van der Waals surface area contributed by atoms with Gasteiger partial charge in [-0.1, -0.05) is 12.1 Å². The van der Waals surface area contributed by atoms with Crippen LogP contribution in [0.5, 0.6) is 5.75 Å². The molecule has 0 radical (unpaired) electrons. The van der Waals surface area contributed by atoms with Gasteiger partial charge < -0.3 is 10.2 Å². The van der Waals surface area contributed by atoms with Gasteiger partial charge in [0.15, 0.2) is 5.75 Å². The van der Waals surface area contributed by atoms with Crippen molar-refractivity contribution in [3.8, 4) is 16.2 Å². The fourth-order valence-electron chi connectivity index (χ4n) is 2.25. The number of carbonyl (C=O) groups is 1. The van der Waals surface area contributed by atoms with Gasteiger partial charge in [0.1, 0.15) is 11.5 Å². The Hall–Kier alpha value is -3.09. The zero-order chi connectivity index (χ0) is 17.3. The topological polar surface area (TPSA) is 99.9 Å². The molecule has 0 saturated carbocycles. The van der Waals surface area contributed by atoms with E-state index in [2.05, 4.69) is 9.98 Å². The van der Waals surface area contributed by atoms with E-state index >= 15 is 0 Å². The number of fused-ring (bicyclic) bond motifs is 1. The molecule has 8 heteroatoms. The van der Waals surface area contributed by atoms with Crippen LogP contribution in [0.1, 0.15) is 11.7 Å². The van der Waals surface area contributed by atoms with Crippen LogP contribution in [0.3, 0.4) is 0 Å². The predicted molar refractivity (Wildman–Crippen MR) is 85.2 cm³/mol. The number of aromatic hydroxyl groups is 1. The number of thiophene rings is 1. The van der Waals surface area contributed by atoms with Crippen molar-refractivity contribution < 1.29 is 24.2 Å². The Balaban J connectivity index is 2.14. The van der Waals surface area contributed by atoms with E-state index in [1.807, 2.05) is 0 Å². The van der Waals surface area contributed by atoms with E-state index < -0.39 is 12.0 Å². The summed E-state index contributed by atoms with van der Waals surface area (Å²) in [6.45, 7) is 0. The van der Waals surface area contributed by atoms with Crippen molar-refractivity contribution in [3.63, 3.8) is 0 Å². The van der Waals surface area contributed by atoms with Crippen LogP contribution in [0.2, 0.25) is 0 Å². The summed E-state index contributed by atoms with van der Waals surface area (Å²) >= 11 is 1.20. The zero-order valence-corrected chi connectivity index (χ0v) is 12.7. The van der Waals surface area contributed by atoms with Crippen molar-refractivity contribution in [1.82, 2.24) is 4.98 Å². The van der Waals surface area contributed by atoms with Crippen LogP contribution in [0.4, 0.5) is 4.39 Å². The lowest BCUT2D eigenvalue weighted by atomic mass is 10.1. The molecule has 2 heterocycles. The first-order chi connectivity index (χ1) is 11.5. The van der Waals surface area contributed by atoms with Gasteiger partial charge in [0.2, 0.25) is 12.1 Å². The monoisotopic (exact) mass is 344 g/mol. The second kappa shape index (κ2) is 6.19. The van der Waals surface area contributed by atoms with Crippen molar-refractivity contribution in [3.05, 3.63) is 48.0 Å². The first-order valence-corrected chi connectivity index (χ1v) is 7.50. The summed E-state index contributed by atoms with van der Waals surface area (Å²) < 4.78 is 13.4. The van der Waals surface area contributed by atoms with Gasteiger partial charge in [-0.15, -0.1) is 11.3 Å². The number of hydrogen-bond acceptors (Lipinski definition) is 6. The van der Waals surface area contributed by atoms with Gasteiger partial charge in [0.25, 0.3) is 0 Å². The van der Waals surface area contributed by atoms with E-state index in [1.165, 1.54) is 35.7 Å². The van der Waals surface area contributed by atoms with Gasteiger partial charge in [-0.25, -0.2) is 14.0 Å². The number of pyridine rings is 1.